The van der Waals surface area contributed by atoms with Gasteiger partial charge in [-0.3, -0.25) is 0 Å². The Labute approximate surface area is 173 Å². The van der Waals surface area contributed by atoms with Crippen LogP contribution in [-0.2, 0) is 14.4 Å². The monoisotopic (exact) mass is 424 g/mol. The van der Waals surface area contributed by atoms with Crippen molar-refractivity contribution in [2.75, 3.05) is 13.2 Å². The van der Waals surface area contributed by atoms with E-state index in [1.54, 1.807) is 0 Å². The van der Waals surface area contributed by atoms with Crippen molar-refractivity contribution >= 4 is 34.9 Å². The predicted molar refractivity (Wildman–Crippen MR) is 105 cm³/mol. The maximum absolute atomic E-state index is 9.93. The molecule has 2 fully saturated rings. The van der Waals surface area contributed by atoms with Crippen molar-refractivity contribution < 1.29 is 35.1 Å². The number of aliphatic hydroxyl groups is 1. The Morgan fingerprint density at radius 1 is 1.21 bits per heavy atom. The molecule has 0 amide bonds. The van der Waals surface area contributed by atoms with Crippen molar-refractivity contribution in [1.29, 1.82) is 0 Å². The summed E-state index contributed by atoms with van der Waals surface area (Å²) in [7, 11) is 0. The van der Waals surface area contributed by atoms with Crippen LogP contribution >= 0.6 is 11.6 Å². The quantitative estimate of drug-likeness (QED) is 0.216. The van der Waals surface area contributed by atoms with Gasteiger partial charge in [0.15, 0.2) is 0 Å². The first kappa shape index (κ1) is 22.9. The Kier molecular flexibility index (Phi) is 9.11. The molecule has 2 aliphatic carbocycles. The van der Waals surface area contributed by atoms with Crippen LogP contribution < -0.4 is 10.4 Å². The molecule has 2 saturated carbocycles. The number of quaternary nitrogens is 1. The summed E-state index contributed by atoms with van der Waals surface area (Å²) in [6.45, 7) is 0.812. The van der Waals surface area contributed by atoms with E-state index in [1.807, 2.05) is 29.6 Å². The molecule has 0 radical (unpaired) electrons. The first-order valence-corrected chi connectivity index (χ1v) is 9.81. The van der Waals surface area contributed by atoms with E-state index in [2.05, 4.69) is 5.16 Å². The lowest BCUT2D eigenvalue weighted by Crippen LogP contribution is -2.80. The van der Waals surface area contributed by atoms with Gasteiger partial charge in [0.25, 0.3) is 0 Å². The van der Waals surface area contributed by atoms with Crippen molar-refractivity contribution in [1.82, 2.24) is 0 Å². The average molecular weight is 425 g/mol. The maximum Gasteiger partial charge on any atom is 0.328 e. The van der Waals surface area contributed by atoms with E-state index in [9.17, 15) is 19.8 Å². The van der Waals surface area contributed by atoms with Gasteiger partial charge in [-0.25, -0.2) is 4.79 Å². The van der Waals surface area contributed by atoms with Crippen LogP contribution in [0.5, 0.6) is 0 Å². The molecule has 3 rings (SSSR count). The number of nitrogens with two attached hydrogens (primary N) is 1. The van der Waals surface area contributed by atoms with Crippen molar-refractivity contribution in [3.8, 4) is 0 Å². The molecule has 8 nitrogen and oxygen atoms in total. The highest BCUT2D eigenvalue weighted by atomic mass is 35.5. The Bertz CT molecular complexity index is 712. The second-order valence-corrected chi connectivity index (χ2v) is 7.43. The van der Waals surface area contributed by atoms with E-state index in [4.69, 9.17) is 21.5 Å². The number of carboxylic acids is 2. The van der Waals surface area contributed by atoms with Gasteiger partial charge in [0.1, 0.15) is 24.9 Å². The smallest absolute Gasteiger partial charge is 0.328 e. The number of benzene rings is 1. The zero-order valence-electron chi connectivity index (χ0n) is 15.9. The summed E-state index contributed by atoms with van der Waals surface area (Å²) in [6.07, 6.45) is 5.44. The Morgan fingerprint density at radius 2 is 1.79 bits per heavy atom. The Morgan fingerprint density at radius 3 is 2.24 bits per heavy atom. The molecule has 0 aliphatic heterocycles. The summed E-state index contributed by atoms with van der Waals surface area (Å²) in [6, 6.07) is 7.56. The van der Waals surface area contributed by atoms with Crippen LogP contribution in [0.4, 0.5) is 5.69 Å². The second-order valence-electron chi connectivity index (χ2n) is 7.00. The van der Waals surface area contributed by atoms with E-state index in [1.165, 1.54) is 31.4 Å². The number of carbonyl (C=O) groups excluding carboxylic acids is 1. The summed E-state index contributed by atoms with van der Waals surface area (Å²) >= 11 is 5.84. The maximum atomic E-state index is 9.93. The van der Waals surface area contributed by atoms with E-state index in [-0.39, 0.29) is 6.61 Å². The summed E-state index contributed by atoms with van der Waals surface area (Å²) < 4.78 is 0. The predicted octanol–water partition coefficient (Wildman–Crippen LogP) is 0.466. The number of aliphatic hydroxyl groups excluding tert-OH is 1. The van der Waals surface area contributed by atoms with Crippen molar-refractivity contribution in [3.05, 3.63) is 41.4 Å². The minimum Gasteiger partial charge on any atom is -0.545 e. The van der Waals surface area contributed by atoms with Gasteiger partial charge >= 0.3 is 5.97 Å². The van der Waals surface area contributed by atoms with Crippen LogP contribution in [0.1, 0.15) is 25.7 Å². The first-order chi connectivity index (χ1) is 13.8. The highest BCUT2D eigenvalue weighted by Gasteiger charge is 2.38. The lowest BCUT2D eigenvalue weighted by atomic mass is 10.2. The minimum absolute atomic E-state index is 0.257. The highest BCUT2D eigenvalue weighted by Crippen LogP contribution is 2.42. The number of hydrogen-bond acceptors (Lipinski definition) is 6. The molecule has 2 aliphatic rings. The van der Waals surface area contributed by atoms with Crippen LogP contribution in [0, 0.1) is 11.8 Å². The second kappa shape index (κ2) is 11.5. The van der Waals surface area contributed by atoms with E-state index in [0.29, 0.717) is 30.5 Å². The third kappa shape index (κ3) is 10.1. The fourth-order valence-electron chi connectivity index (χ4n) is 2.52. The Balaban J connectivity index is 0.000000321. The molecule has 158 valence electrons. The third-order valence-corrected chi connectivity index (χ3v) is 4.54. The van der Waals surface area contributed by atoms with Crippen LogP contribution in [-0.4, -0.2) is 47.1 Å². The van der Waals surface area contributed by atoms with Gasteiger partial charge in [-0.15, -0.1) is 0 Å². The number of aliphatic carboxylic acids is 2. The largest absolute Gasteiger partial charge is 0.545 e. The molecule has 0 heterocycles. The lowest BCUT2D eigenvalue weighted by molar-refractivity contribution is -0.580. The molecule has 9 heteroatoms. The summed E-state index contributed by atoms with van der Waals surface area (Å²) in [5, 5.41) is 34.1. The van der Waals surface area contributed by atoms with Crippen LogP contribution in [0.2, 0.25) is 5.02 Å². The Hall–Kier alpha value is -2.42. The van der Waals surface area contributed by atoms with Gasteiger partial charge in [-0.1, -0.05) is 16.8 Å². The average Bonchev–Trinajstić information content (AvgIpc) is 3.57. The molecule has 29 heavy (non-hydrogen) atoms. The molecule has 0 spiro atoms. The third-order valence-electron chi connectivity index (χ3n) is 4.29. The molecule has 1 atom stereocenters. The standard InChI is InChI=1S/C16H21ClN2O2.C4H4O4/c17-13-5-7-14(8-6-13)18-9-15(20)10-21-19-16(11-1-2-11)12-3-4-12;5-3(6)1-2-4(7)8/h5-8,11-12,15,18,20H,1-4,9-10H2;1-2H,(H,5,6)(H,7,8)/b;2-1-. The molecular formula is C20H25ClN2O6. The zero-order valence-corrected chi connectivity index (χ0v) is 16.6. The molecule has 4 N–H and O–H groups in total. The van der Waals surface area contributed by atoms with Crippen molar-refractivity contribution in [2.24, 2.45) is 17.0 Å². The number of carboxylic acid groups (broad SMARTS) is 2. The van der Waals surface area contributed by atoms with Crippen molar-refractivity contribution in [2.45, 2.75) is 31.8 Å². The van der Waals surface area contributed by atoms with Gasteiger partial charge in [0.2, 0.25) is 0 Å². The number of carbonyl (C=O) groups is 2. The van der Waals surface area contributed by atoms with Crippen LogP contribution in [0.15, 0.2) is 41.6 Å². The van der Waals surface area contributed by atoms with Gasteiger partial charge in [0, 0.05) is 35.1 Å². The number of halogens is 1. The fraction of sp³-hybridized carbons (Fsp3) is 0.450. The zero-order chi connectivity index (χ0) is 21.2. The molecule has 0 aromatic heterocycles. The topological polar surface area (TPSA) is 136 Å². The number of nitrogens with zero attached hydrogens (tertiary/aromatic N) is 1. The molecule has 0 saturated heterocycles. The first-order valence-electron chi connectivity index (χ1n) is 9.43. The summed E-state index contributed by atoms with van der Waals surface area (Å²) in [4.78, 5) is 24.3. The number of rotatable bonds is 10. The van der Waals surface area contributed by atoms with E-state index < -0.39 is 18.0 Å². The van der Waals surface area contributed by atoms with Crippen LogP contribution in [0.3, 0.4) is 0 Å². The SMILES string of the molecule is O=C([O-])/C=C\C(=O)O.OC(C[NH2+]c1ccc(Cl)cc1)CON=C(C1CC1)C1CC1. The highest BCUT2D eigenvalue weighted by molar-refractivity contribution is 6.30. The van der Waals surface area contributed by atoms with E-state index >= 15 is 0 Å². The van der Waals surface area contributed by atoms with Gasteiger partial charge in [-0.05, 0) is 43.9 Å². The van der Waals surface area contributed by atoms with Crippen molar-refractivity contribution in [3.63, 3.8) is 0 Å². The number of oxime groups is 1. The molecular weight excluding hydrogens is 400 g/mol. The van der Waals surface area contributed by atoms with Gasteiger partial charge in [-0.2, -0.15) is 0 Å². The minimum atomic E-state index is -1.51. The molecule has 1 aromatic rings. The number of hydrogen-bond donors (Lipinski definition) is 3. The molecule has 1 aromatic carbocycles. The van der Waals surface area contributed by atoms with E-state index in [0.717, 1.165) is 10.7 Å². The normalized spacial score (nSPS) is 16.5. The fourth-order valence-corrected chi connectivity index (χ4v) is 2.64. The molecule has 0 bridgehead atoms. The van der Waals surface area contributed by atoms with Gasteiger partial charge < -0.3 is 30.3 Å². The van der Waals surface area contributed by atoms with Crippen LogP contribution in [0.25, 0.3) is 0 Å². The summed E-state index contributed by atoms with van der Waals surface area (Å²) in [5.74, 6) is -1.48. The van der Waals surface area contributed by atoms with Gasteiger partial charge in [0.05, 0.1) is 11.7 Å². The molecule has 1 unspecified atom stereocenters. The summed E-state index contributed by atoms with van der Waals surface area (Å²) in [5.41, 5.74) is 2.29. The lowest BCUT2D eigenvalue weighted by Gasteiger charge is -2.09.